The van der Waals surface area contributed by atoms with Gasteiger partial charge in [-0.1, -0.05) is 19.9 Å². The quantitative estimate of drug-likeness (QED) is 0.411. The second-order valence-corrected chi connectivity index (χ2v) is 6.29. The lowest BCUT2D eigenvalue weighted by molar-refractivity contribution is 0.144. The molecule has 0 fully saturated rings. The maximum absolute atomic E-state index is 11.6. The first-order chi connectivity index (χ1) is 8.48. The van der Waals surface area contributed by atoms with Crippen molar-refractivity contribution in [1.29, 1.82) is 0 Å². The minimum atomic E-state index is -3.16. The lowest BCUT2D eigenvalue weighted by Gasteiger charge is -2.09. The van der Waals surface area contributed by atoms with Gasteiger partial charge in [-0.3, -0.25) is 0 Å². The van der Waals surface area contributed by atoms with E-state index in [-0.39, 0.29) is 5.75 Å². The fourth-order valence-electron chi connectivity index (χ4n) is 1.26. The van der Waals surface area contributed by atoms with Gasteiger partial charge in [0.1, 0.15) is 0 Å². The summed E-state index contributed by atoms with van der Waals surface area (Å²) in [6.45, 7) is 9.68. The molecule has 0 saturated carbocycles. The summed E-state index contributed by atoms with van der Waals surface area (Å²) in [5.74, 6) is 0.152. The molecule has 0 aliphatic carbocycles. The van der Waals surface area contributed by atoms with Gasteiger partial charge in [0.05, 0.1) is 19.0 Å². The van der Waals surface area contributed by atoms with Crippen LogP contribution in [0.4, 0.5) is 0 Å². The molecule has 18 heavy (non-hydrogen) atoms. The second kappa shape index (κ2) is 10.5. The van der Waals surface area contributed by atoms with Gasteiger partial charge >= 0.3 is 0 Å². The first kappa shape index (κ1) is 17.6. The first-order valence-corrected chi connectivity index (χ1v) is 8.02. The Morgan fingerprint density at radius 1 is 1.28 bits per heavy atom. The molecule has 0 heterocycles. The molecular weight excluding hydrogens is 252 g/mol. The molecule has 0 amide bonds. The van der Waals surface area contributed by atoms with Crippen LogP contribution in [0.25, 0.3) is 0 Å². The number of sulfonamides is 1. The Morgan fingerprint density at radius 3 is 2.61 bits per heavy atom. The zero-order valence-electron chi connectivity index (χ0n) is 11.4. The molecule has 0 spiro atoms. The van der Waals surface area contributed by atoms with Crippen LogP contribution in [0.3, 0.4) is 0 Å². The highest BCUT2D eigenvalue weighted by Gasteiger charge is 2.08. The fraction of sp³-hybridized carbons (Fsp3) is 0.833. The van der Waals surface area contributed by atoms with E-state index in [4.69, 9.17) is 4.74 Å². The van der Waals surface area contributed by atoms with E-state index in [1.807, 2.05) is 13.8 Å². The Kier molecular flexibility index (Phi) is 10.2. The average Bonchev–Trinajstić information content (AvgIpc) is 2.29. The van der Waals surface area contributed by atoms with Gasteiger partial charge in [-0.05, 0) is 19.4 Å². The van der Waals surface area contributed by atoms with E-state index in [0.29, 0.717) is 38.8 Å². The number of hydrogen-bond donors (Lipinski definition) is 2. The summed E-state index contributed by atoms with van der Waals surface area (Å²) in [6, 6.07) is 0.388. The Bertz CT molecular complexity index is 302. The van der Waals surface area contributed by atoms with Crippen molar-refractivity contribution in [2.75, 3.05) is 32.1 Å². The minimum absolute atomic E-state index is 0.152. The number of nitrogens with one attached hydrogen (secondary N) is 2. The lowest BCUT2D eigenvalue weighted by atomic mass is 10.4. The molecule has 6 heteroatoms. The molecule has 0 atom stereocenters. The molecule has 0 saturated heterocycles. The zero-order valence-corrected chi connectivity index (χ0v) is 12.3. The Morgan fingerprint density at radius 2 is 2.00 bits per heavy atom. The number of rotatable bonds is 12. The minimum Gasteiger partial charge on any atom is -0.380 e. The normalized spacial score (nSPS) is 11.9. The van der Waals surface area contributed by atoms with Crippen molar-refractivity contribution in [3.63, 3.8) is 0 Å². The molecule has 0 bridgehead atoms. The molecule has 0 aromatic carbocycles. The summed E-state index contributed by atoms with van der Waals surface area (Å²) in [6.07, 6.45) is 3.17. The smallest absolute Gasteiger partial charge is 0.211 e. The molecule has 0 unspecified atom stereocenters. The van der Waals surface area contributed by atoms with E-state index in [2.05, 4.69) is 16.6 Å². The van der Waals surface area contributed by atoms with Crippen LogP contribution in [0, 0.1) is 0 Å². The molecule has 0 radical (unpaired) electrons. The van der Waals surface area contributed by atoms with E-state index in [0.717, 1.165) is 6.42 Å². The molecular formula is C12H26N2O3S. The SMILES string of the molecule is C=CCCOCCNS(=O)(=O)CCCNC(C)C. The van der Waals surface area contributed by atoms with E-state index >= 15 is 0 Å². The fourth-order valence-corrected chi connectivity index (χ4v) is 2.33. The summed E-state index contributed by atoms with van der Waals surface area (Å²) >= 11 is 0. The number of hydrogen-bond acceptors (Lipinski definition) is 4. The third kappa shape index (κ3) is 12.0. The summed E-state index contributed by atoms with van der Waals surface area (Å²) in [7, 11) is -3.16. The van der Waals surface area contributed by atoms with Crippen LogP contribution in [0.1, 0.15) is 26.7 Å². The molecule has 0 aromatic rings. The highest BCUT2D eigenvalue weighted by Crippen LogP contribution is 1.90. The van der Waals surface area contributed by atoms with Crippen LogP contribution in [0.2, 0.25) is 0 Å². The van der Waals surface area contributed by atoms with Crippen molar-refractivity contribution >= 4 is 10.0 Å². The van der Waals surface area contributed by atoms with Gasteiger partial charge < -0.3 is 10.1 Å². The van der Waals surface area contributed by atoms with Gasteiger partial charge in [0.2, 0.25) is 10.0 Å². The van der Waals surface area contributed by atoms with Gasteiger partial charge in [-0.15, -0.1) is 6.58 Å². The molecule has 0 aliphatic heterocycles. The maximum atomic E-state index is 11.6. The Balaban J connectivity index is 3.52. The van der Waals surface area contributed by atoms with Crippen LogP contribution < -0.4 is 10.0 Å². The van der Waals surface area contributed by atoms with Crippen LogP contribution >= 0.6 is 0 Å². The summed E-state index contributed by atoms with van der Waals surface area (Å²) in [4.78, 5) is 0. The van der Waals surface area contributed by atoms with E-state index < -0.39 is 10.0 Å². The summed E-state index contributed by atoms with van der Waals surface area (Å²) < 4.78 is 30.8. The lowest BCUT2D eigenvalue weighted by Crippen LogP contribution is -2.32. The largest absolute Gasteiger partial charge is 0.380 e. The Labute approximate surface area is 111 Å². The standard InChI is InChI=1S/C12H26N2O3S/c1-4-5-9-17-10-8-14-18(15,16)11-6-7-13-12(2)3/h4,12-14H,1,5-11H2,2-3H3. The van der Waals surface area contributed by atoms with Gasteiger partial charge in [-0.2, -0.15) is 0 Å². The Hall–Kier alpha value is -0.430. The number of ether oxygens (including phenoxy) is 1. The van der Waals surface area contributed by atoms with Crippen molar-refractivity contribution < 1.29 is 13.2 Å². The third-order valence-corrected chi connectivity index (χ3v) is 3.65. The van der Waals surface area contributed by atoms with Crippen molar-refractivity contribution in [1.82, 2.24) is 10.0 Å². The van der Waals surface area contributed by atoms with Gasteiger partial charge in [0.25, 0.3) is 0 Å². The monoisotopic (exact) mass is 278 g/mol. The molecule has 0 rings (SSSR count). The van der Waals surface area contributed by atoms with Crippen molar-refractivity contribution in [3.8, 4) is 0 Å². The molecule has 2 N–H and O–H groups in total. The summed E-state index contributed by atoms with van der Waals surface area (Å²) in [5.41, 5.74) is 0. The zero-order chi connectivity index (χ0) is 13.9. The van der Waals surface area contributed by atoms with Crippen molar-refractivity contribution in [3.05, 3.63) is 12.7 Å². The maximum Gasteiger partial charge on any atom is 0.211 e. The van der Waals surface area contributed by atoms with Crippen molar-refractivity contribution in [2.45, 2.75) is 32.7 Å². The van der Waals surface area contributed by atoms with Crippen LogP contribution in [-0.4, -0.2) is 46.5 Å². The molecule has 0 aromatic heterocycles. The van der Waals surface area contributed by atoms with Gasteiger partial charge in [-0.25, -0.2) is 13.1 Å². The first-order valence-electron chi connectivity index (χ1n) is 6.37. The predicted molar refractivity (Wildman–Crippen MR) is 75.2 cm³/mol. The van der Waals surface area contributed by atoms with E-state index in [9.17, 15) is 8.42 Å². The average molecular weight is 278 g/mol. The topological polar surface area (TPSA) is 67.4 Å². The predicted octanol–water partition coefficient (Wildman–Crippen LogP) is 0.887. The molecule has 5 nitrogen and oxygen atoms in total. The van der Waals surface area contributed by atoms with Crippen molar-refractivity contribution in [2.24, 2.45) is 0 Å². The van der Waals surface area contributed by atoms with Gasteiger partial charge in [0, 0.05) is 12.6 Å². The van der Waals surface area contributed by atoms with Crippen LogP contribution in [-0.2, 0) is 14.8 Å². The van der Waals surface area contributed by atoms with Crippen LogP contribution in [0.15, 0.2) is 12.7 Å². The van der Waals surface area contributed by atoms with Crippen LogP contribution in [0.5, 0.6) is 0 Å². The highest BCUT2D eigenvalue weighted by molar-refractivity contribution is 7.89. The summed E-state index contributed by atoms with van der Waals surface area (Å²) in [5, 5.41) is 3.18. The molecule has 108 valence electrons. The molecule has 0 aliphatic rings. The van der Waals surface area contributed by atoms with Gasteiger partial charge in [0.15, 0.2) is 0 Å². The highest BCUT2D eigenvalue weighted by atomic mass is 32.2. The van der Waals surface area contributed by atoms with E-state index in [1.54, 1.807) is 6.08 Å². The van der Waals surface area contributed by atoms with E-state index in [1.165, 1.54) is 0 Å². The second-order valence-electron chi connectivity index (χ2n) is 4.37. The third-order valence-electron chi connectivity index (χ3n) is 2.18.